The number of hydrogen-bond donors (Lipinski definition) is 2. The third-order valence-corrected chi connectivity index (χ3v) is 2.66. The summed E-state index contributed by atoms with van der Waals surface area (Å²) in [6.45, 7) is 1.96. The lowest BCUT2D eigenvalue weighted by molar-refractivity contribution is -0.145. The number of nitrogens with zero attached hydrogens (tertiary/aromatic N) is 1. The average Bonchev–Trinajstić information content (AvgIpc) is 2.28. The van der Waals surface area contributed by atoms with Crippen LogP contribution >= 0.6 is 15.9 Å². The number of halogens is 1. The van der Waals surface area contributed by atoms with Crippen LogP contribution in [0.3, 0.4) is 0 Å². The fourth-order valence-electron chi connectivity index (χ4n) is 1.36. The van der Waals surface area contributed by atoms with Crippen LogP contribution in [0.15, 0.2) is 22.9 Å². The average molecular weight is 303 g/mol. The molecule has 5 nitrogen and oxygen atoms in total. The minimum absolute atomic E-state index is 0.428. The number of hydrogen-bond acceptors (Lipinski definition) is 5. The summed E-state index contributed by atoms with van der Waals surface area (Å²) in [7, 11) is 1.29. The second kappa shape index (κ2) is 6.68. The highest BCUT2D eigenvalue weighted by Gasteiger charge is 2.23. The Labute approximate surface area is 108 Å². The lowest BCUT2D eigenvalue weighted by atomic mass is 10.1. The van der Waals surface area contributed by atoms with Crippen LogP contribution in [0.1, 0.15) is 12.5 Å². The van der Waals surface area contributed by atoms with E-state index >= 15 is 0 Å². The lowest BCUT2D eigenvalue weighted by Crippen LogP contribution is -2.45. The van der Waals surface area contributed by atoms with Gasteiger partial charge in [-0.3, -0.25) is 15.1 Å². The molecule has 0 aliphatic heterocycles. The van der Waals surface area contributed by atoms with Crippen LogP contribution < -0.4 is 5.32 Å². The molecule has 94 valence electrons. The van der Waals surface area contributed by atoms with E-state index in [-0.39, 0.29) is 0 Å². The fraction of sp³-hybridized carbons (Fsp3) is 0.455. The van der Waals surface area contributed by atoms with Crippen molar-refractivity contribution in [2.45, 2.75) is 25.6 Å². The van der Waals surface area contributed by atoms with Gasteiger partial charge in [0.15, 0.2) is 0 Å². The van der Waals surface area contributed by atoms with E-state index in [1.54, 1.807) is 12.4 Å². The second-order valence-corrected chi connectivity index (χ2v) is 4.55. The summed E-state index contributed by atoms with van der Waals surface area (Å²) in [6, 6.07) is 1.15. The molecule has 1 rings (SSSR count). The molecule has 6 heteroatoms. The van der Waals surface area contributed by atoms with Crippen molar-refractivity contribution in [3.05, 3.63) is 28.5 Å². The first-order valence-corrected chi connectivity index (χ1v) is 5.92. The zero-order valence-electron chi connectivity index (χ0n) is 9.68. The molecule has 17 heavy (non-hydrogen) atoms. The van der Waals surface area contributed by atoms with E-state index in [0.717, 1.165) is 10.0 Å². The number of methoxy groups -OCH3 is 1. The summed E-state index contributed by atoms with van der Waals surface area (Å²) in [5.74, 6) is -0.483. The molecule has 0 aromatic carbocycles. The van der Waals surface area contributed by atoms with Gasteiger partial charge >= 0.3 is 5.97 Å². The smallest absolute Gasteiger partial charge is 0.325 e. The van der Waals surface area contributed by atoms with Crippen molar-refractivity contribution in [1.82, 2.24) is 10.3 Å². The summed E-state index contributed by atoms with van der Waals surface area (Å²) >= 11 is 3.31. The SMILES string of the molecule is COC(=O)[C@H](NCc1cncc(Br)c1)[C@@H](C)O. The second-order valence-electron chi connectivity index (χ2n) is 3.63. The molecule has 0 amide bonds. The van der Waals surface area contributed by atoms with Crippen LogP contribution in [-0.2, 0) is 16.1 Å². The molecule has 0 spiro atoms. The van der Waals surface area contributed by atoms with Crippen molar-refractivity contribution < 1.29 is 14.6 Å². The normalized spacial score (nSPS) is 14.1. The molecule has 0 unspecified atom stereocenters. The number of pyridine rings is 1. The van der Waals surface area contributed by atoms with Crippen molar-refractivity contribution in [2.24, 2.45) is 0 Å². The van der Waals surface area contributed by atoms with Gasteiger partial charge in [0.1, 0.15) is 6.04 Å². The molecule has 0 saturated heterocycles. The summed E-state index contributed by atoms with van der Waals surface area (Å²) in [5, 5.41) is 12.4. The highest BCUT2D eigenvalue weighted by molar-refractivity contribution is 9.10. The monoisotopic (exact) mass is 302 g/mol. The maximum Gasteiger partial charge on any atom is 0.325 e. The zero-order valence-corrected chi connectivity index (χ0v) is 11.3. The molecule has 0 bridgehead atoms. The third-order valence-electron chi connectivity index (χ3n) is 2.23. The highest BCUT2D eigenvalue weighted by atomic mass is 79.9. The minimum Gasteiger partial charge on any atom is -0.468 e. The Kier molecular flexibility index (Phi) is 5.54. The molecular formula is C11H15BrN2O3. The van der Waals surface area contributed by atoms with Crippen LogP contribution in [0.25, 0.3) is 0 Å². The first-order valence-electron chi connectivity index (χ1n) is 5.13. The maximum absolute atomic E-state index is 11.4. The van der Waals surface area contributed by atoms with Gasteiger partial charge in [0.05, 0.1) is 13.2 Å². The standard InChI is InChI=1S/C11H15BrN2O3/c1-7(15)10(11(16)17-2)14-5-8-3-9(12)6-13-4-8/h3-4,6-7,10,14-15H,5H2,1-2H3/t7-,10-/m1/s1. The number of rotatable bonds is 5. The van der Waals surface area contributed by atoms with Gasteiger partial charge in [-0.2, -0.15) is 0 Å². The predicted octanol–water partition coefficient (Wildman–Crippen LogP) is 0.856. The van der Waals surface area contributed by atoms with Crippen LogP contribution in [0.5, 0.6) is 0 Å². The Balaban J connectivity index is 2.61. The molecule has 1 aromatic heterocycles. The molecule has 1 aromatic rings. The number of ether oxygens (including phenoxy) is 1. The first kappa shape index (κ1) is 14.1. The van der Waals surface area contributed by atoms with Crippen LogP contribution in [0.4, 0.5) is 0 Å². The lowest BCUT2D eigenvalue weighted by Gasteiger charge is -2.18. The van der Waals surface area contributed by atoms with E-state index in [1.165, 1.54) is 14.0 Å². The Bertz CT molecular complexity index is 385. The van der Waals surface area contributed by atoms with Crippen LogP contribution in [0.2, 0.25) is 0 Å². The van der Waals surface area contributed by atoms with Gasteiger partial charge < -0.3 is 9.84 Å². The van der Waals surface area contributed by atoms with Crippen molar-refractivity contribution in [1.29, 1.82) is 0 Å². The Morgan fingerprint density at radius 2 is 2.35 bits per heavy atom. The molecule has 2 atom stereocenters. The predicted molar refractivity (Wildman–Crippen MR) is 66.3 cm³/mol. The number of aliphatic hydroxyl groups excluding tert-OH is 1. The van der Waals surface area contributed by atoms with Gasteiger partial charge in [0, 0.05) is 23.4 Å². The number of esters is 1. The van der Waals surface area contributed by atoms with Gasteiger partial charge in [0.2, 0.25) is 0 Å². The van der Waals surface area contributed by atoms with Crippen molar-refractivity contribution in [3.8, 4) is 0 Å². The van der Waals surface area contributed by atoms with Gasteiger partial charge in [-0.15, -0.1) is 0 Å². The number of aliphatic hydroxyl groups is 1. The van der Waals surface area contributed by atoms with E-state index in [0.29, 0.717) is 6.54 Å². The molecular weight excluding hydrogens is 288 g/mol. The van der Waals surface area contributed by atoms with E-state index in [4.69, 9.17) is 0 Å². The van der Waals surface area contributed by atoms with Gasteiger partial charge in [-0.25, -0.2) is 0 Å². The Morgan fingerprint density at radius 1 is 1.65 bits per heavy atom. The van der Waals surface area contributed by atoms with Gasteiger partial charge in [-0.05, 0) is 34.5 Å². The van der Waals surface area contributed by atoms with Crippen molar-refractivity contribution in [2.75, 3.05) is 7.11 Å². The summed E-state index contributed by atoms with van der Waals surface area (Å²) in [6.07, 6.45) is 2.55. The van der Waals surface area contributed by atoms with Crippen molar-refractivity contribution >= 4 is 21.9 Å². The molecule has 0 fully saturated rings. The van der Waals surface area contributed by atoms with Crippen molar-refractivity contribution in [3.63, 3.8) is 0 Å². The van der Waals surface area contributed by atoms with Gasteiger partial charge in [-0.1, -0.05) is 0 Å². The molecule has 0 aliphatic carbocycles. The third kappa shape index (κ3) is 4.41. The quantitative estimate of drug-likeness (QED) is 0.789. The van der Waals surface area contributed by atoms with Gasteiger partial charge in [0.25, 0.3) is 0 Å². The zero-order chi connectivity index (χ0) is 12.8. The maximum atomic E-state index is 11.4. The number of nitrogens with one attached hydrogen (secondary N) is 1. The summed E-state index contributed by atoms with van der Waals surface area (Å²) in [5.41, 5.74) is 0.911. The topological polar surface area (TPSA) is 71.5 Å². The van der Waals surface area contributed by atoms with E-state index in [2.05, 4.69) is 31.0 Å². The van der Waals surface area contributed by atoms with Crippen LogP contribution in [0, 0.1) is 0 Å². The Morgan fingerprint density at radius 3 is 2.88 bits per heavy atom. The molecule has 0 aliphatic rings. The first-order chi connectivity index (χ1) is 8.04. The van der Waals surface area contributed by atoms with Crippen LogP contribution in [-0.4, -0.2) is 35.3 Å². The summed E-state index contributed by atoms with van der Waals surface area (Å²) < 4.78 is 5.46. The fourth-order valence-corrected chi connectivity index (χ4v) is 1.77. The number of aromatic nitrogens is 1. The number of carbonyl (C=O) groups excluding carboxylic acids is 1. The largest absolute Gasteiger partial charge is 0.468 e. The Hall–Kier alpha value is -0.980. The highest BCUT2D eigenvalue weighted by Crippen LogP contribution is 2.09. The van der Waals surface area contributed by atoms with E-state index in [1.807, 2.05) is 6.07 Å². The van der Waals surface area contributed by atoms with E-state index < -0.39 is 18.1 Å². The molecule has 0 radical (unpaired) electrons. The molecule has 2 N–H and O–H groups in total. The minimum atomic E-state index is -0.817. The molecule has 0 saturated carbocycles. The molecule has 1 heterocycles. The van der Waals surface area contributed by atoms with E-state index in [9.17, 15) is 9.90 Å². The summed E-state index contributed by atoms with van der Waals surface area (Å²) in [4.78, 5) is 15.4. The number of carbonyl (C=O) groups is 1.